The van der Waals surface area contributed by atoms with Gasteiger partial charge in [0.05, 0.1) is 11.0 Å². The Balaban J connectivity index is 1.49. The van der Waals surface area contributed by atoms with Crippen LogP contribution in [0.2, 0.25) is 0 Å². The molecule has 7 rings (SSSR count). The van der Waals surface area contributed by atoms with Crippen molar-refractivity contribution in [3.05, 3.63) is 64.2 Å². The van der Waals surface area contributed by atoms with Crippen LogP contribution in [0.25, 0.3) is 53.9 Å². The summed E-state index contributed by atoms with van der Waals surface area (Å²) < 4.78 is 1.74. The fraction of sp³-hybridized carbons (Fsp3) is 0.371. The highest BCUT2D eigenvalue weighted by molar-refractivity contribution is 6.39. The Kier molecular flexibility index (Phi) is 5.95. The quantitative estimate of drug-likeness (QED) is 0.106. The van der Waals surface area contributed by atoms with Crippen LogP contribution in [0.4, 0.5) is 5.69 Å². The minimum Gasteiger partial charge on any atom is -0.494 e. The molecule has 0 amide bonds. The van der Waals surface area contributed by atoms with E-state index in [4.69, 9.17) is 4.99 Å². The average Bonchev–Trinajstić information content (AvgIpc) is 3.34. The fourth-order valence-electron chi connectivity index (χ4n) is 7.25. The minimum absolute atomic E-state index is 0.00439. The van der Waals surface area contributed by atoms with Gasteiger partial charge in [-0.1, -0.05) is 95.5 Å². The molecule has 1 aliphatic heterocycles. The van der Waals surface area contributed by atoms with Gasteiger partial charge in [-0.3, -0.25) is 9.36 Å². The third-order valence-electron chi connectivity index (χ3n) is 9.13. The van der Waals surface area contributed by atoms with E-state index >= 15 is 0 Å². The van der Waals surface area contributed by atoms with Gasteiger partial charge < -0.3 is 5.11 Å². The maximum atomic E-state index is 14.2. The van der Waals surface area contributed by atoms with Gasteiger partial charge in [0.25, 0.3) is 5.56 Å². The molecule has 0 atom stereocenters. The SMILES string of the molecule is CCCCCCC(CCCCCC)n1c(O)c2cc3c4c5c(ccc6cccc(c7ccc(c1=O)c2c74)c65)=N3. The van der Waals surface area contributed by atoms with Gasteiger partial charge >= 0.3 is 0 Å². The molecule has 4 nitrogen and oxygen atoms in total. The molecule has 1 N–H and O–H groups in total. The third-order valence-corrected chi connectivity index (χ3v) is 9.13. The van der Waals surface area contributed by atoms with Crippen LogP contribution in [0.1, 0.15) is 84.1 Å². The van der Waals surface area contributed by atoms with Gasteiger partial charge in [-0.05, 0) is 52.6 Å². The van der Waals surface area contributed by atoms with Crippen molar-refractivity contribution in [2.24, 2.45) is 4.99 Å². The molecule has 39 heavy (non-hydrogen) atoms. The van der Waals surface area contributed by atoms with Crippen molar-refractivity contribution >= 4 is 59.5 Å². The largest absolute Gasteiger partial charge is 0.494 e. The molecule has 1 aliphatic rings. The van der Waals surface area contributed by atoms with Gasteiger partial charge in [-0.25, -0.2) is 4.99 Å². The third kappa shape index (κ3) is 3.57. The van der Waals surface area contributed by atoms with Crippen LogP contribution in [0.15, 0.2) is 58.3 Å². The summed E-state index contributed by atoms with van der Waals surface area (Å²) in [6, 6.07) is 16.9. The minimum atomic E-state index is -0.0605. The summed E-state index contributed by atoms with van der Waals surface area (Å²) >= 11 is 0. The van der Waals surface area contributed by atoms with Crippen LogP contribution in [0.3, 0.4) is 0 Å². The number of unbranched alkanes of at least 4 members (excludes halogenated alkanes) is 6. The van der Waals surface area contributed by atoms with E-state index in [1.807, 2.05) is 12.1 Å². The maximum Gasteiger partial charge on any atom is 0.261 e. The lowest BCUT2D eigenvalue weighted by Gasteiger charge is -2.24. The highest BCUT2D eigenvalue weighted by atomic mass is 16.3. The van der Waals surface area contributed by atoms with E-state index in [9.17, 15) is 9.90 Å². The Morgan fingerprint density at radius 3 is 2.18 bits per heavy atom. The molecule has 0 saturated carbocycles. The lowest BCUT2D eigenvalue weighted by molar-refractivity contribution is 0.334. The predicted octanol–water partition coefficient (Wildman–Crippen LogP) is 9.22. The van der Waals surface area contributed by atoms with Crippen molar-refractivity contribution in [3.63, 3.8) is 0 Å². The zero-order valence-corrected chi connectivity index (χ0v) is 23.0. The van der Waals surface area contributed by atoms with Crippen molar-refractivity contribution in [2.75, 3.05) is 0 Å². The number of rotatable bonds is 11. The smallest absolute Gasteiger partial charge is 0.261 e. The first kappa shape index (κ1) is 24.4. The van der Waals surface area contributed by atoms with E-state index in [-0.39, 0.29) is 17.5 Å². The summed E-state index contributed by atoms with van der Waals surface area (Å²) in [7, 11) is 0. The van der Waals surface area contributed by atoms with Crippen molar-refractivity contribution in [1.29, 1.82) is 0 Å². The van der Waals surface area contributed by atoms with Crippen LogP contribution < -0.4 is 10.9 Å². The Hall–Kier alpha value is -3.66. The van der Waals surface area contributed by atoms with Crippen molar-refractivity contribution in [1.82, 2.24) is 4.57 Å². The summed E-state index contributed by atoms with van der Waals surface area (Å²) in [6.07, 6.45) is 11.1. The fourth-order valence-corrected chi connectivity index (χ4v) is 7.25. The molecule has 0 aliphatic carbocycles. The molecule has 6 aromatic rings. The maximum absolute atomic E-state index is 14.2. The molecule has 0 bridgehead atoms. The predicted molar refractivity (Wildman–Crippen MR) is 164 cm³/mol. The lowest BCUT2D eigenvalue weighted by atomic mass is 9.87. The zero-order chi connectivity index (χ0) is 26.7. The van der Waals surface area contributed by atoms with Gasteiger partial charge in [-0.2, -0.15) is 0 Å². The number of benzene rings is 5. The van der Waals surface area contributed by atoms with E-state index in [2.05, 4.69) is 50.2 Å². The van der Waals surface area contributed by atoms with Crippen molar-refractivity contribution in [3.8, 4) is 5.88 Å². The highest BCUT2D eigenvalue weighted by Crippen LogP contribution is 2.49. The lowest BCUT2D eigenvalue weighted by Crippen LogP contribution is -2.25. The van der Waals surface area contributed by atoms with E-state index in [0.29, 0.717) is 5.39 Å². The number of aromatic hydroxyl groups is 1. The van der Waals surface area contributed by atoms with Crippen LogP contribution in [0.5, 0.6) is 5.88 Å². The molecule has 0 spiro atoms. The first-order chi connectivity index (χ1) is 19.1. The average molecular weight is 517 g/mol. The summed E-state index contributed by atoms with van der Waals surface area (Å²) in [5.74, 6) is 0.110. The number of nitrogens with zero attached hydrogens (tertiary/aromatic N) is 2. The van der Waals surface area contributed by atoms with E-state index in [1.54, 1.807) is 4.57 Å². The summed E-state index contributed by atoms with van der Waals surface area (Å²) in [5, 5.41) is 23.3. The Morgan fingerprint density at radius 1 is 0.718 bits per heavy atom. The second-order valence-electron chi connectivity index (χ2n) is 11.6. The summed E-state index contributed by atoms with van der Waals surface area (Å²) in [5.41, 5.74) is 0.839. The molecule has 198 valence electrons. The monoisotopic (exact) mass is 516 g/mol. The van der Waals surface area contributed by atoms with Gasteiger partial charge in [0.2, 0.25) is 5.88 Å². The molecule has 0 unspecified atom stereocenters. The zero-order valence-electron chi connectivity index (χ0n) is 23.0. The molecule has 2 heterocycles. The van der Waals surface area contributed by atoms with Gasteiger partial charge in [0.15, 0.2) is 0 Å². The van der Waals surface area contributed by atoms with Gasteiger partial charge in [0.1, 0.15) is 0 Å². The molecule has 0 fully saturated rings. The molecule has 4 heteroatoms. The Labute approximate surface area is 228 Å². The Bertz CT molecular complexity index is 1970. The van der Waals surface area contributed by atoms with Crippen molar-refractivity contribution < 1.29 is 5.11 Å². The number of hydrogen-bond donors (Lipinski definition) is 1. The van der Waals surface area contributed by atoms with Crippen LogP contribution in [-0.4, -0.2) is 9.67 Å². The second-order valence-corrected chi connectivity index (χ2v) is 11.6. The normalized spacial score (nSPS) is 13.0. The number of hydrogen-bond acceptors (Lipinski definition) is 3. The van der Waals surface area contributed by atoms with Crippen LogP contribution >= 0.6 is 0 Å². The molecule has 0 radical (unpaired) electrons. The topological polar surface area (TPSA) is 54.6 Å². The van der Waals surface area contributed by atoms with E-state index < -0.39 is 0 Å². The van der Waals surface area contributed by atoms with Gasteiger partial charge in [-0.15, -0.1) is 0 Å². The van der Waals surface area contributed by atoms with E-state index in [1.165, 1.54) is 60.1 Å². The first-order valence-corrected chi connectivity index (χ1v) is 15.0. The van der Waals surface area contributed by atoms with Crippen molar-refractivity contribution in [2.45, 2.75) is 84.1 Å². The second kappa shape index (κ2) is 9.51. The molecule has 5 aromatic carbocycles. The molecular weight excluding hydrogens is 480 g/mol. The molecular formula is C35H36N2O2. The Morgan fingerprint density at radius 2 is 1.44 bits per heavy atom. The van der Waals surface area contributed by atoms with Crippen LogP contribution in [-0.2, 0) is 0 Å². The molecule has 0 saturated heterocycles. The standard InChI is InChI=1S/C35H36N2O2/c1-3-5-7-9-13-22(14-10-8-6-4-2)37-34(38)25-18-17-24-23-15-11-12-21-16-19-27-32(29(21)23)33-28(36-27)20-26(35(37)39)30(25)31(24)33/h11-12,15-20,22,39H,3-10,13-14H2,1-2H3. The highest BCUT2D eigenvalue weighted by Gasteiger charge is 2.27. The van der Waals surface area contributed by atoms with E-state index in [0.717, 1.165) is 63.7 Å². The first-order valence-electron chi connectivity index (χ1n) is 15.0. The number of aromatic nitrogens is 1. The number of pyridine rings is 1. The van der Waals surface area contributed by atoms with Crippen LogP contribution in [0, 0.1) is 0 Å². The molecule has 1 aromatic heterocycles. The number of fused-ring (bicyclic) bond motifs is 1. The van der Waals surface area contributed by atoms with Gasteiger partial charge in [0, 0.05) is 38.4 Å². The summed E-state index contributed by atoms with van der Waals surface area (Å²) in [6.45, 7) is 4.45. The summed E-state index contributed by atoms with van der Waals surface area (Å²) in [4.78, 5) is 19.3.